The predicted molar refractivity (Wildman–Crippen MR) is 72.0 cm³/mol. The average Bonchev–Trinajstić information content (AvgIpc) is 2.78. The average molecular weight is 262 g/mol. The molecule has 0 saturated carbocycles. The van der Waals surface area contributed by atoms with Crippen LogP contribution in [0.25, 0.3) is 0 Å². The summed E-state index contributed by atoms with van der Waals surface area (Å²) in [5.41, 5.74) is 0.979. The molecule has 0 aliphatic rings. The maximum absolute atomic E-state index is 4.92. The summed E-state index contributed by atoms with van der Waals surface area (Å²) < 4.78 is 4.92. The molecular weight excluding hydrogens is 244 g/mol. The highest BCUT2D eigenvalue weighted by atomic mass is 16.5. The SMILES string of the molecule is CCNc1nc(C)nc(NCc2noc(C)n2)c1C. The summed E-state index contributed by atoms with van der Waals surface area (Å²) in [6.45, 7) is 8.93. The van der Waals surface area contributed by atoms with Crippen molar-refractivity contribution >= 4 is 11.6 Å². The van der Waals surface area contributed by atoms with E-state index in [1.54, 1.807) is 6.92 Å². The number of hydrogen-bond donors (Lipinski definition) is 2. The van der Waals surface area contributed by atoms with E-state index >= 15 is 0 Å². The molecule has 2 aromatic heterocycles. The van der Waals surface area contributed by atoms with Gasteiger partial charge in [0.2, 0.25) is 5.89 Å². The molecule has 0 unspecified atom stereocenters. The van der Waals surface area contributed by atoms with Crippen molar-refractivity contribution in [1.29, 1.82) is 0 Å². The van der Waals surface area contributed by atoms with Crippen molar-refractivity contribution < 1.29 is 4.52 Å². The molecule has 0 bridgehead atoms. The summed E-state index contributed by atoms with van der Waals surface area (Å²) in [7, 11) is 0. The second-order valence-corrected chi connectivity index (χ2v) is 4.21. The van der Waals surface area contributed by atoms with Gasteiger partial charge in [0.05, 0.1) is 6.54 Å². The summed E-state index contributed by atoms with van der Waals surface area (Å²) >= 11 is 0. The molecule has 2 rings (SSSR count). The Balaban J connectivity index is 2.15. The number of nitrogens with zero attached hydrogens (tertiary/aromatic N) is 4. The summed E-state index contributed by atoms with van der Waals surface area (Å²) in [4.78, 5) is 12.9. The fourth-order valence-corrected chi connectivity index (χ4v) is 1.72. The molecule has 7 heteroatoms. The van der Waals surface area contributed by atoms with Crippen LogP contribution in [0, 0.1) is 20.8 Å². The van der Waals surface area contributed by atoms with E-state index in [2.05, 4.69) is 30.7 Å². The number of aromatic nitrogens is 4. The lowest BCUT2D eigenvalue weighted by molar-refractivity contribution is 0.388. The fourth-order valence-electron chi connectivity index (χ4n) is 1.72. The Morgan fingerprint density at radius 1 is 1.00 bits per heavy atom. The molecule has 19 heavy (non-hydrogen) atoms. The highest BCUT2D eigenvalue weighted by molar-refractivity contribution is 5.57. The standard InChI is InChI=1S/C12H18N6O/c1-5-13-11-7(2)12(16-8(3)15-11)14-6-10-17-9(4)19-18-10/h5-6H2,1-4H3,(H2,13,14,15,16). The molecule has 0 aliphatic carbocycles. The van der Waals surface area contributed by atoms with Crippen LogP contribution < -0.4 is 10.6 Å². The molecule has 0 aromatic carbocycles. The topological polar surface area (TPSA) is 88.8 Å². The van der Waals surface area contributed by atoms with E-state index in [-0.39, 0.29) is 0 Å². The highest BCUT2D eigenvalue weighted by Crippen LogP contribution is 2.19. The number of aryl methyl sites for hydroxylation is 2. The molecule has 0 radical (unpaired) electrons. The minimum atomic E-state index is 0.472. The van der Waals surface area contributed by atoms with Gasteiger partial charge in [-0.05, 0) is 20.8 Å². The summed E-state index contributed by atoms with van der Waals surface area (Å²) in [6.07, 6.45) is 0. The zero-order chi connectivity index (χ0) is 13.8. The van der Waals surface area contributed by atoms with Gasteiger partial charge < -0.3 is 15.2 Å². The van der Waals surface area contributed by atoms with Crippen LogP contribution in [-0.4, -0.2) is 26.7 Å². The van der Waals surface area contributed by atoms with Gasteiger partial charge in [0, 0.05) is 19.0 Å². The van der Waals surface area contributed by atoms with E-state index < -0.39 is 0 Å². The zero-order valence-corrected chi connectivity index (χ0v) is 11.6. The van der Waals surface area contributed by atoms with Gasteiger partial charge in [-0.3, -0.25) is 0 Å². The third-order valence-electron chi connectivity index (χ3n) is 2.59. The maximum atomic E-state index is 4.92. The molecule has 0 aliphatic heterocycles. The van der Waals surface area contributed by atoms with Gasteiger partial charge in [0.1, 0.15) is 17.5 Å². The molecule has 102 valence electrons. The molecule has 0 fully saturated rings. The first-order chi connectivity index (χ1) is 9.10. The lowest BCUT2D eigenvalue weighted by atomic mass is 10.3. The Kier molecular flexibility index (Phi) is 3.94. The quantitative estimate of drug-likeness (QED) is 0.849. The van der Waals surface area contributed by atoms with Crippen molar-refractivity contribution in [3.05, 3.63) is 23.1 Å². The van der Waals surface area contributed by atoms with E-state index in [0.717, 1.165) is 23.7 Å². The Morgan fingerprint density at radius 3 is 2.26 bits per heavy atom. The van der Waals surface area contributed by atoms with Crippen molar-refractivity contribution in [1.82, 2.24) is 20.1 Å². The number of nitrogens with one attached hydrogen (secondary N) is 2. The second kappa shape index (κ2) is 5.64. The number of rotatable bonds is 5. The van der Waals surface area contributed by atoms with Crippen LogP contribution in [0.15, 0.2) is 4.52 Å². The Hall–Kier alpha value is -2.18. The van der Waals surface area contributed by atoms with Gasteiger partial charge in [-0.1, -0.05) is 5.16 Å². The maximum Gasteiger partial charge on any atom is 0.223 e. The fraction of sp³-hybridized carbons (Fsp3) is 0.500. The first kappa shape index (κ1) is 13.3. The molecule has 0 atom stereocenters. The molecule has 2 aromatic rings. The van der Waals surface area contributed by atoms with Gasteiger partial charge in [-0.15, -0.1) is 0 Å². The van der Waals surface area contributed by atoms with E-state index in [1.807, 2.05) is 20.8 Å². The van der Waals surface area contributed by atoms with E-state index in [4.69, 9.17) is 4.52 Å². The molecular formula is C12H18N6O. The van der Waals surface area contributed by atoms with Crippen molar-refractivity contribution in [3.63, 3.8) is 0 Å². The smallest absolute Gasteiger partial charge is 0.223 e. The normalized spacial score (nSPS) is 10.5. The second-order valence-electron chi connectivity index (χ2n) is 4.21. The van der Waals surface area contributed by atoms with Gasteiger partial charge in [0.25, 0.3) is 0 Å². The van der Waals surface area contributed by atoms with Crippen molar-refractivity contribution in [2.75, 3.05) is 17.2 Å². The highest BCUT2D eigenvalue weighted by Gasteiger charge is 2.09. The zero-order valence-electron chi connectivity index (χ0n) is 11.6. The Labute approximate surface area is 111 Å². The van der Waals surface area contributed by atoms with Crippen LogP contribution in [0.1, 0.15) is 30.0 Å². The van der Waals surface area contributed by atoms with Crippen molar-refractivity contribution in [3.8, 4) is 0 Å². The molecule has 2 heterocycles. The minimum Gasteiger partial charge on any atom is -0.370 e. The summed E-state index contributed by atoms with van der Waals surface area (Å²) in [6, 6.07) is 0. The molecule has 0 amide bonds. The third kappa shape index (κ3) is 3.18. The molecule has 0 saturated heterocycles. The van der Waals surface area contributed by atoms with Crippen molar-refractivity contribution in [2.45, 2.75) is 34.2 Å². The lowest BCUT2D eigenvalue weighted by Crippen LogP contribution is -2.10. The van der Waals surface area contributed by atoms with Crippen LogP contribution in [-0.2, 0) is 6.54 Å². The van der Waals surface area contributed by atoms with Gasteiger partial charge in [-0.2, -0.15) is 4.98 Å². The van der Waals surface area contributed by atoms with Crippen molar-refractivity contribution in [2.24, 2.45) is 0 Å². The van der Waals surface area contributed by atoms with E-state index in [9.17, 15) is 0 Å². The molecule has 2 N–H and O–H groups in total. The van der Waals surface area contributed by atoms with Crippen LogP contribution in [0.3, 0.4) is 0 Å². The first-order valence-electron chi connectivity index (χ1n) is 6.22. The Morgan fingerprint density at radius 2 is 1.68 bits per heavy atom. The minimum absolute atomic E-state index is 0.472. The summed E-state index contributed by atoms with van der Waals surface area (Å²) in [5, 5.41) is 10.3. The first-order valence-corrected chi connectivity index (χ1v) is 6.22. The summed E-state index contributed by atoms with van der Waals surface area (Å²) in [5.74, 6) is 3.51. The lowest BCUT2D eigenvalue weighted by Gasteiger charge is -2.12. The predicted octanol–water partition coefficient (Wildman–Crippen LogP) is 1.83. The van der Waals surface area contributed by atoms with E-state index in [1.165, 1.54) is 0 Å². The number of anilines is 2. The largest absolute Gasteiger partial charge is 0.370 e. The van der Waals surface area contributed by atoms with Crippen LogP contribution in [0.2, 0.25) is 0 Å². The van der Waals surface area contributed by atoms with Gasteiger partial charge in [-0.25, -0.2) is 9.97 Å². The van der Waals surface area contributed by atoms with E-state index in [0.29, 0.717) is 24.1 Å². The molecule has 7 nitrogen and oxygen atoms in total. The third-order valence-corrected chi connectivity index (χ3v) is 2.59. The number of hydrogen-bond acceptors (Lipinski definition) is 7. The monoisotopic (exact) mass is 262 g/mol. The Bertz CT molecular complexity index is 565. The van der Waals surface area contributed by atoms with Crippen LogP contribution in [0.5, 0.6) is 0 Å². The van der Waals surface area contributed by atoms with Crippen LogP contribution in [0.4, 0.5) is 11.6 Å². The van der Waals surface area contributed by atoms with Crippen LogP contribution >= 0.6 is 0 Å². The van der Waals surface area contributed by atoms with Gasteiger partial charge >= 0.3 is 0 Å². The van der Waals surface area contributed by atoms with Gasteiger partial charge in [0.15, 0.2) is 5.82 Å². The molecule has 0 spiro atoms.